The minimum Gasteiger partial charge on any atom is -0.389 e. The van der Waals surface area contributed by atoms with E-state index in [1.54, 1.807) is 6.92 Å². The van der Waals surface area contributed by atoms with Crippen molar-refractivity contribution in [3.8, 4) is 0 Å². The third-order valence-corrected chi connectivity index (χ3v) is 2.89. The van der Waals surface area contributed by atoms with Crippen molar-refractivity contribution < 1.29 is 5.11 Å². The molecule has 0 bridgehead atoms. The van der Waals surface area contributed by atoms with Crippen LogP contribution in [0.1, 0.15) is 18.6 Å². The first kappa shape index (κ1) is 11.7. The first-order valence-corrected chi connectivity index (χ1v) is 5.76. The Morgan fingerprint density at radius 1 is 0.941 bits per heavy atom. The number of aliphatic hydroxyl groups excluding tert-OH is 1. The highest BCUT2D eigenvalue weighted by atomic mass is 16.3. The Morgan fingerprint density at radius 3 is 2.18 bits per heavy atom. The molecule has 0 aliphatic rings. The molecule has 0 saturated carbocycles. The van der Waals surface area contributed by atoms with E-state index in [1.807, 2.05) is 49.5 Å². The van der Waals surface area contributed by atoms with Gasteiger partial charge in [0.2, 0.25) is 0 Å². The van der Waals surface area contributed by atoms with Crippen LogP contribution in [-0.4, -0.2) is 12.2 Å². The Bertz CT molecular complexity index is 479. The van der Waals surface area contributed by atoms with Crippen LogP contribution in [0.2, 0.25) is 0 Å². The van der Waals surface area contributed by atoms with Gasteiger partial charge in [-0.15, -0.1) is 0 Å². The molecule has 88 valence electrons. The van der Waals surface area contributed by atoms with E-state index < -0.39 is 6.10 Å². The number of aliphatic hydroxyl groups is 1. The molecule has 0 aliphatic heterocycles. The van der Waals surface area contributed by atoms with Crippen molar-refractivity contribution in [1.29, 1.82) is 0 Å². The lowest BCUT2D eigenvalue weighted by atomic mass is 10.1. The summed E-state index contributed by atoms with van der Waals surface area (Å²) in [7, 11) is 2.01. The fraction of sp³-hybridized carbons (Fsp3) is 0.200. The van der Waals surface area contributed by atoms with Crippen molar-refractivity contribution in [2.75, 3.05) is 11.9 Å². The Kier molecular flexibility index (Phi) is 3.45. The van der Waals surface area contributed by atoms with Crippen molar-refractivity contribution in [3.05, 3.63) is 60.2 Å². The van der Waals surface area contributed by atoms with Crippen molar-refractivity contribution in [2.24, 2.45) is 0 Å². The lowest BCUT2D eigenvalue weighted by Gasteiger charge is -2.23. The largest absolute Gasteiger partial charge is 0.389 e. The number of para-hydroxylation sites is 2. The lowest BCUT2D eigenvalue weighted by Crippen LogP contribution is -2.12. The third kappa shape index (κ3) is 2.48. The van der Waals surface area contributed by atoms with E-state index in [0.29, 0.717) is 0 Å². The van der Waals surface area contributed by atoms with E-state index in [-0.39, 0.29) is 0 Å². The number of anilines is 2. The van der Waals surface area contributed by atoms with Gasteiger partial charge in [-0.3, -0.25) is 0 Å². The van der Waals surface area contributed by atoms with E-state index in [0.717, 1.165) is 16.9 Å². The van der Waals surface area contributed by atoms with E-state index in [9.17, 15) is 5.11 Å². The molecular formula is C15H17NO. The molecule has 2 heteroatoms. The highest BCUT2D eigenvalue weighted by molar-refractivity contribution is 5.66. The van der Waals surface area contributed by atoms with Crippen LogP contribution in [0.3, 0.4) is 0 Å². The van der Waals surface area contributed by atoms with Gasteiger partial charge in [0, 0.05) is 24.0 Å². The van der Waals surface area contributed by atoms with E-state index in [1.165, 1.54) is 0 Å². The Hall–Kier alpha value is -1.80. The predicted molar refractivity (Wildman–Crippen MR) is 71.6 cm³/mol. The second-order valence-electron chi connectivity index (χ2n) is 4.13. The zero-order chi connectivity index (χ0) is 12.3. The van der Waals surface area contributed by atoms with Crippen molar-refractivity contribution in [1.82, 2.24) is 0 Å². The zero-order valence-electron chi connectivity index (χ0n) is 10.2. The number of hydrogen-bond acceptors (Lipinski definition) is 2. The summed E-state index contributed by atoms with van der Waals surface area (Å²) in [5.74, 6) is 0. The molecule has 2 nitrogen and oxygen atoms in total. The fourth-order valence-electron chi connectivity index (χ4n) is 1.94. The Morgan fingerprint density at radius 2 is 1.53 bits per heavy atom. The van der Waals surface area contributed by atoms with Gasteiger partial charge in [-0.25, -0.2) is 0 Å². The highest BCUT2D eigenvalue weighted by Gasteiger charge is 2.11. The smallest absolute Gasteiger partial charge is 0.0782 e. The summed E-state index contributed by atoms with van der Waals surface area (Å²) in [6.45, 7) is 1.79. The van der Waals surface area contributed by atoms with Crippen LogP contribution in [0, 0.1) is 0 Å². The standard InChI is InChI=1S/C15H17NO/c1-12(17)14-10-6-7-11-15(14)16(2)13-8-4-3-5-9-13/h3-12,17H,1-2H3/t12-/m0/s1. The van der Waals surface area contributed by atoms with E-state index in [2.05, 4.69) is 17.0 Å². The van der Waals surface area contributed by atoms with Gasteiger partial charge >= 0.3 is 0 Å². The normalized spacial score (nSPS) is 12.2. The summed E-state index contributed by atoms with van der Waals surface area (Å²) >= 11 is 0. The third-order valence-electron chi connectivity index (χ3n) is 2.89. The van der Waals surface area contributed by atoms with Crippen LogP contribution in [-0.2, 0) is 0 Å². The number of hydrogen-bond donors (Lipinski definition) is 1. The van der Waals surface area contributed by atoms with Crippen molar-refractivity contribution >= 4 is 11.4 Å². The summed E-state index contributed by atoms with van der Waals surface area (Å²) in [4.78, 5) is 2.09. The van der Waals surface area contributed by atoms with Crippen LogP contribution in [0.15, 0.2) is 54.6 Å². The van der Waals surface area contributed by atoms with Gasteiger partial charge < -0.3 is 10.0 Å². The minimum atomic E-state index is -0.461. The SMILES string of the molecule is C[C@H](O)c1ccccc1N(C)c1ccccc1. The molecule has 17 heavy (non-hydrogen) atoms. The lowest BCUT2D eigenvalue weighted by molar-refractivity contribution is 0.200. The molecule has 0 spiro atoms. The molecule has 2 aromatic rings. The van der Waals surface area contributed by atoms with Gasteiger partial charge in [-0.2, -0.15) is 0 Å². The van der Waals surface area contributed by atoms with Gasteiger partial charge in [0.1, 0.15) is 0 Å². The topological polar surface area (TPSA) is 23.5 Å². The number of benzene rings is 2. The average molecular weight is 227 g/mol. The van der Waals surface area contributed by atoms with Gasteiger partial charge in [-0.05, 0) is 25.1 Å². The molecule has 0 unspecified atom stereocenters. The molecule has 2 rings (SSSR count). The van der Waals surface area contributed by atoms with Crippen LogP contribution >= 0.6 is 0 Å². The molecule has 1 N–H and O–H groups in total. The van der Waals surface area contributed by atoms with Crippen LogP contribution in [0.4, 0.5) is 11.4 Å². The maximum atomic E-state index is 9.77. The molecule has 2 aromatic carbocycles. The first-order valence-electron chi connectivity index (χ1n) is 5.76. The molecule has 0 heterocycles. The Balaban J connectivity index is 2.41. The van der Waals surface area contributed by atoms with Crippen LogP contribution in [0.5, 0.6) is 0 Å². The monoisotopic (exact) mass is 227 g/mol. The molecule has 0 saturated heterocycles. The number of rotatable bonds is 3. The van der Waals surface area contributed by atoms with Gasteiger partial charge in [0.15, 0.2) is 0 Å². The summed E-state index contributed by atoms with van der Waals surface area (Å²) in [5, 5.41) is 9.77. The molecule has 0 amide bonds. The average Bonchev–Trinajstić information content (AvgIpc) is 2.39. The summed E-state index contributed by atoms with van der Waals surface area (Å²) in [6.07, 6.45) is -0.461. The molecule has 0 aliphatic carbocycles. The van der Waals surface area contributed by atoms with Gasteiger partial charge in [-0.1, -0.05) is 36.4 Å². The molecule has 1 atom stereocenters. The van der Waals surface area contributed by atoms with Crippen LogP contribution < -0.4 is 4.90 Å². The summed E-state index contributed by atoms with van der Waals surface area (Å²) in [5.41, 5.74) is 3.09. The van der Waals surface area contributed by atoms with Crippen molar-refractivity contribution in [3.63, 3.8) is 0 Å². The molecule has 0 aromatic heterocycles. The van der Waals surface area contributed by atoms with E-state index >= 15 is 0 Å². The van der Waals surface area contributed by atoms with Crippen molar-refractivity contribution in [2.45, 2.75) is 13.0 Å². The predicted octanol–water partition coefficient (Wildman–Crippen LogP) is 3.51. The second-order valence-corrected chi connectivity index (χ2v) is 4.13. The quantitative estimate of drug-likeness (QED) is 0.867. The molecule has 0 radical (unpaired) electrons. The zero-order valence-corrected chi connectivity index (χ0v) is 10.2. The molecule has 0 fully saturated rings. The maximum absolute atomic E-state index is 9.77. The van der Waals surface area contributed by atoms with Gasteiger partial charge in [0.25, 0.3) is 0 Å². The number of nitrogens with zero attached hydrogens (tertiary/aromatic N) is 1. The molecular weight excluding hydrogens is 210 g/mol. The fourth-order valence-corrected chi connectivity index (χ4v) is 1.94. The highest BCUT2D eigenvalue weighted by Crippen LogP contribution is 2.30. The van der Waals surface area contributed by atoms with Gasteiger partial charge in [0.05, 0.1) is 6.10 Å². The second kappa shape index (κ2) is 5.02. The maximum Gasteiger partial charge on any atom is 0.0782 e. The Labute approximate surface area is 102 Å². The van der Waals surface area contributed by atoms with E-state index in [4.69, 9.17) is 0 Å². The minimum absolute atomic E-state index is 0.461. The summed E-state index contributed by atoms with van der Waals surface area (Å²) in [6, 6.07) is 18.0. The van der Waals surface area contributed by atoms with Crippen LogP contribution in [0.25, 0.3) is 0 Å². The first-order chi connectivity index (χ1) is 8.20. The summed E-state index contributed by atoms with van der Waals surface area (Å²) < 4.78 is 0.